The number of rotatable bonds is 8. The van der Waals surface area contributed by atoms with Crippen LogP contribution >= 0.6 is 0 Å². The highest BCUT2D eigenvalue weighted by molar-refractivity contribution is 5.83. The second kappa shape index (κ2) is 11.3. The quantitative estimate of drug-likeness (QED) is 0.238. The maximum absolute atomic E-state index is 15.5. The van der Waals surface area contributed by atoms with E-state index in [0.717, 1.165) is 24.7 Å². The van der Waals surface area contributed by atoms with Crippen LogP contribution in [0, 0.1) is 5.82 Å². The van der Waals surface area contributed by atoms with E-state index >= 15 is 4.39 Å². The largest absolute Gasteiger partial charge is 0.494 e. The summed E-state index contributed by atoms with van der Waals surface area (Å²) in [4.78, 5) is 18.3. The first kappa shape index (κ1) is 29.3. The number of benzene rings is 3. The van der Waals surface area contributed by atoms with E-state index in [1.165, 1.54) is 35.9 Å². The second-order valence-corrected chi connectivity index (χ2v) is 11.3. The molecule has 7 nitrogen and oxygen atoms in total. The minimum Gasteiger partial charge on any atom is -0.494 e. The van der Waals surface area contributed by atoms with Crippen molar-refractivity contribution < 1.29 is 27.0 Å². The number of halogens is 4. The van der Waals surface area contributed by atoms with E-state index in [9.17, 15) is 18.0 Å². The van der Waals surface area contributed by atoms with Crippen molar-refractivity contribution in [1.82, 2.24) is 14.0 Å². The summed E-state index contributed by atoms with van der Waals surface area (Å²) < 4.78 is 71.0. The molecule has 2 saturated heterocycles. The molecule has 0 saturated carbocycles. The minimum absolute atomic E-state index is 0.0122. The van der Waals surface area contributed by atoms with Gasteiger partial charge in [-0.1, -0.05) is 36.4 Å². The Bertz CT molecular complexity index is 1690. The number of likely N-dealkylation sites (tertiary alicyclic amines) is 1. The van der Waals surface area contributed by atoms with Gasteiger partial charge < -0.3 is 14.4 Å². The summed E-state index contributed by atoms with van der Waals surface area (Å²) in [5.41, 5.74) is 1.15. The zero-order valence-corrected chi connectivity index (χ0v) is 24.3. The lowest BCUT2D eigenvalue weighted by Gasteiger charge is -2.43. The van der Waals surface area contributed by atoms with Crippen LogP contribution in [0.1, 0.15) is 42.1 Å². The van der Waals surface area contributed by atoms with Gasteiger partial charge in [-0.05, 0) is 48.7 Å². The number of imidazole rings is 1. The summed E-state index contributed by atoms with van der Waals surface area (Å²) in [7, 11) is 3.16. The topological polar surface area (TPSA) is 51.9 Å². The van der Waals surface area contributed by atoms with Gasteiger partial charge in [0, 0.05) is 39.3 Å². The summed E-state index contributed by atoms with van der Waals surface area (Å²) in [5, 5.41) is 0. The van der Waals surface area contributed by atoms with Crippen molar-refractivity contribution in [3.8, 4) is 5.75 Å². The molecule has 4 aromatic rings. The first-order chi connectivity index (χ1) is 20.6. The monoisotopic (exact) mass is 598 g/mol. The molecule has 2 aliphatic heterocycles. The normalized spacial score (nSPS) is 18.8. The van der Waals surface area contributed by atoms with E-state index in [1.54, 1.807) is 35.9 Å². The molecule has 6 rings (SSSR count). The second-order valence-electron chi connectivity index (χ2n) is 11.3. The summed E-state index contributed by atoms with van der Waals surface area (Å²) >= 11 is 0. The molecule has 1 aromatic heterocycles. The van der Waals surface area contributed by atoms with Gasteiger partial charge in [0.2, 0.25) is 0 Å². The Kier molecular flexibility index (Phi) is 7.72. The Morgan fingerprint density at radius 1 is 0.977 bits per heavy atom. The third kappa shape index (κ3) is 5.18. The highest BCUT2D eigenvalue weighted by Gasteiger charge is 2.37. The molecule has 3 heterocycles. The number of hydrogen-bond acceptors (Lipinski definition) is 5. The number of hydrogen-bond donors (Lipinski definition) is 0. The highest BCUT2D eigenvalue weighted by atomic mass is 19.4. The van der Waals surface area contributed by atoms with E-state index in [-0.39, 0.29) is 36.1 Å². The molecule has 0 bridgehead atoms. The lowest BCUT2D eigenvalue weighted by Crippen LogP contribution is -2.52. The van der Waals surface area contributed by atoms with Gasteiger partial charge >= 0.3 is 11.9 Å². The van der Waals surface area contributed by atoms with Crippen LogP contribution in [0.15, 0.2) is 65.5 Å². The average Bonchev–Trinajstić information content (AvgIpc) is 3.54. The summed E-state index contributed by atoms with van der Waals surface area (Å²) in [6.07, 6.45) is -3.84. The van der Waals surface area contributed by atoms with Crippen molar-refractivity contribution in [3.05, 3.63) is 93.7 Å². The van der Waals surface area contributed by atoms with E-state index in [4.69, 9.17) is 9.47 Å². The maximum atomic E-state index is 15.5. The van der Waals surface area contributed by atoms with E-state index in [1.807, 2.05) is 11.0 Å². The van der Waals surface area contributed by atoms with Crippen molar-refractivity contribution in [2.45, 2.75) is 44.3 Å². The van der Waals surface area contributed by atoms with Crippen LogP contribution in [0.2, 0.25) is 0 Å². The molecule has 0 amide bonds. The fourth-order valence-corrected chi connectivity index (χ4v) is 6.56. The minimum atomic E-state index is -4.57. The Morgan fingerprint density at radius 2 is 1.72 bits per heavy atom. The number of para-hydroxylation sites is 2. The van der Waals surface area contributed by atoms with Crippen LogP contribution in [0.4, 0.5) is 23.2 Å². The Morgan fingerprint density at radius 3 is 2.44 bits per heavy atom. The van der Waals surface area contributed by atoms with Crippen LogP contribution < -0.4 is 15.3 Å². The molecule has 11 heteroatoms. The van der Waals surface area contributed by atoms with Gasteiger partial charge in [-0.3, -0.25) is 14.0 Å². The fourth-order valence-electron chi connectivity index (χ4n) is 6.56. The number of alkyl halides is 3. The Balaban J connectivity index is 1.37. The average molecular weight is 599 g/mol. The molecular formula is C32H34F4N4O3. The van der Waals surface area contributed by atoms with Gasteiger partial charge in [-0.2, -0.15) is 13.2 Å². The number of nitrogens with zero attached hydrogens (tertiary/aromatic N) is 4. The van der Waals surface area contributed by atoms with E-state index < -0.39 is 17.4 Å². The van der Waals surface area contributed by atoms with Crippen LogP contribution in [0.5, 0.6) is 5.75 Å². The summed E-state index contributed by atoms with van der Waals surface area (Å²) in [6, 6.07) is 15.3. The molecule has 2 aliphatic rings. The zero-order valence-electron chi connectivity index (χ0n) is 24.3. The van der Waals surface area contributed by atoms with Gasteiger partial charge in [0.15, 0.2) is 0 Å². The summed E-state index contributed by atoms with van der Waals surface area (Å²) in [5.74, 6) is 0.0656. The fraction of sp³-hybridized carbons (Fsp3) is 0.406. The van der Waals surface area contributed by atoms with Gasteiger partial charge in [-0.25, -0.2) is 9.18 Å². The first-order valence-corrected chi connectivity index (χ1v) is 14.3. The molecule has 2 fully saturated rings. The van der Waals surface area contributed by atoms with E-state index in [2.05, 4.69) is 11.8 Å². The number of ether oxygens (including phenoxy) is 2. The van der Waals surface area contributed by atoms with Crippen molar-refractivity contribution >= 4 is 16.7 Å². The maximum Gasteiger partial charge on any atom is 0.416 e. The predicted molar refractivity (Wildman–Crippen MR) is 156 cm³/mol. The van der Waals surface area contributed by atoms with Gasteiger partial charge in [0.25, 0.3) is 0 Å². The highest BCUT2D eigenvalue weighted by Crippen LogP contribution is 2.39. The van der Waals surface area contributed by atoms with Crippen LogP contribution in [0.3, 0.4) is 0 Å². The standard InChI is InChI=1S/C32H34F4N4O3/c1-20(38-18-23(19-38)42-2)24-9-6-11-26(33)29(24)37-15-14-22(17-37)40-27-12-7-13-28(43-3)30(27)39(31(40)41)16-21-8-4-5-10-25(21)32(34,35)36/h4-13,20,22-23H,14-19H2,1-3H3. The van der Waals surface area contributed by atoms with E-state index in [0.29, 0.717) is 42.0 Å². The van der Waals surface area contributed by atoms with Crippen molar-refractivity contribution in [2.75, 3.05) is 45.3 Å². The first-order valence-electron chi connectivity index (χ1n) is 14.3. The zero-order chi connectivity index (χ0) is 30.5. The summed E-state index contributed by atoms with van der Waals surface area (Å²) in [6.45, 7) is 4.21. The molecule has 2 unspecified atom stereocenters. The van der Waals surface area contributed by atoms with Gasteiger partial charge in [0.05, 0.1) is 42.6 Å². The smallest absolute Gasteiger partial charge is 0.416 e. The van der Waals surface area contributed by atoms with Crippen molar-refractivity contribution in [3.63, 3.8) is 0 Å². The van der Waals surface area contributed by atoms with Crippen LogP contribution in [0.25, 0.3) is 11.0 Å². The Labute approximate surface area is 246 Å². The third-order valence-electron chi connectivity index (χ3n) is 8.89. The predicted octanol–water partition coefficient (Wildman–Crippen LogP) is 5.86. The molecule has 0 aliphatic carbocycles. The molecule has 228 valence electrons. The molecule has 2 atom stereocenters. The number of aromatic nitrogens is 2. The number of fused-ring (bicyclic) bond motifs is 1. The SMILES string of the molecule is COc1cccc2c1n(Cc1ccccc1C(F)(F)F)c(=O)n2C1CCN(c2c(F)cccc2C(C)N2CC(OC)C2)C1. The molecule has 43 heavy (non-hydrogen) atoms. The lowest BCUT2D eigenvalue weighted by molar-refractivity contribution is -0.138. The lowest BCUT2D eigenvalue weighted by atomic mass is 9.99. The molecule has 0 radical (unpaired) electrons. The molecule has 3 aromatic carbocycles. The molecule has 0 spiro atoms. The molecular weight excluding hydrogens is 564 g/mol. The van der Waals surface area contributed by atoms with Gasteiger partial charge in [-0.15, -0.1) is 0 Å². The van der Waals surface area contributed by atoms with Crippen LogP contribution in [-0.4, -0.2) is 60.5 Å². The van der Waals surface area contributed by atoms with Crippen molar-refractivity contribution in [1.29, 1.82) is 0 Å². The van der Waals surface area contributed by atoms with Crippen LogP contribution in [-0.2, 0) is 17.5 Å². The number of methoxy groups -OCH3 is 2. The van der Waals surface area contributed by atoms with Crippen molar-refractivity contribution in [2.24, 2.45) is 0 Å². The number of anilines is 1. The third-order valence-corrected chi connectivity index (χ3v) is 8.89. The van der Waals surface area contributed by atoms with Gasteiger partial charge in [0.1, 0.15) is 17.1 Å². The Hall–Kier alpha value is -3.83. The molecule has 0 N–H and O–H groups in total.